The molecule has 2 unspecified atom stereocenters. The second kappa shape index (κ2) is 42.3. The molecule has 0 amide bonds. The molecule has 0 aliphatic rings. The number of ether oxygens (including phenoxy) is 2. The van der Waals surface area contributed by atoms with E-state index in [0.29, 0.717) is 13.0 Å². The third kappa shape index (κ3) is 41.4. The van der Waals surface area contributed by atoms with Gasteiger partial charge in [0, 0.05) is 19.6 Å². The Kier molecular flexibility index (Phi) is 40.9. The van der Waals surface area contributed by atoms with Gasteiger partial charge in [0.2, 0.25) is 0 Å². The van der Waals surface area contributed by atoms with Crippen molar-refractivity contribution in [3.8, 4) is 0 Å². The van der Waals surface area contributed by atoms with Gasteiger partial charge >= 0.3 is 13.8 Å². The van der Waals surface area contributed by atoms with E-state index in [1.807, 2.05) is 0 Å². The minimum Gasteiger partial charge on any atom is -0.457 e. The Hall–Kier alpha value is -1.80. The number of hydrogen-bond acceptors (Lipinski definition) is 7. The van der Waals surface area contributed by atoms with Crippen LogP contribution in [-0.2, 0) is 27.9 Å². The summed E-state index contributed by atoms with van der Waals surface area (Å²) in [6.07, 6.45) is 51.0. The van der Waals surface area contributed by atoms with Crippen LogP contribution in [-0.4, -0.2) is 49.9 Å². The summed E-state index contributed by atoms with van der Waals surface area (Å²) in [7, 11) is -4.29. The van der Waals surface area contributed by atoms with Crippen molar-refractivity contribution < 1.29 is 32.8 Å². The van der Waals surface area contributed by atoms with Gasteiger partial charge in [0.15, 0.2) is 0 Å². The molecule has 0 aliphatic heterocycles. The van der Waals surface area contributed by atoms with E-state index in [2.05, 4.69) is 74.6 Å². The molecule has 0 heterocycles. The van der Waals surface area contributed by atoms with Crippen molar-refractivity contribution in [1.82, 2.24) is 0 Å². The molecule has 0 saturated heterocycles. The molecular formula is C45H82NO7P. The first kappa shape index (κ1) is 52.2. The molecule has 0 bridgehead atoms. The van der Waals surface area contributed by atoms with E-state index in [1.165, 1.54) is 83.5 Å². The molecule has 0 aliphatic carbocycles. The maximum atomic E-state index is 12.6. The van der Waals surface area contributed by atoms with Crippen LogP contribution in [0.25, 0.3) is 0 Å². The summed E-state index contributed by atoms with van der Waals surface area (Å²) in [6, 6.07) is 0. The van der Waals surface area contributed by atoms with E-state index in [0.717, 1.165) is 77.0 Å². The highest BCUT2D eigenvalue weighted by Gasteiger charge is 2.25. The molecule has 0 aromatic carbocycles. The number of nitrogens with two attached hydrogens (primary N) is 1. The van der Waals surface area contributed by atoms with Gasteiger partial charge in [0.25, 0.3) is 0 Å². The van der Waals surface area contributed by atoms with Crippen molar-refractivity contribution in [2.24, 2.45) is 5.73 Å². The third-order valence-corrected chi connectivity index (χ3v) is 9.90. The van der Waals surface area contributed by atoms with Gasteiger partial charge in [0.05, 0.1) is 19.8 Å². The zero-order valence-electron chi connectivity index (χ0n) is 34.7. The van der Waals surface area contributed by atoms with Crippen LogP contribution in [0.1, 0.15) is 181 Å². The van der Waals surface area contributed by atoms with Crippen LogP contribution < -0.4 is 5.73 Å². The molecule has 54 heavy (non-hydrogen) atoms. The van der Waals surface area contributed by atoms with Crippen molar-refractivity contribution in [2.45, 2.75) is 187 Å². The fraction of sp³-hybridized carbons (Fsp3) is 0.756. The summed E-state index contributed by atoms with van der Waals surface area (Å²) in [5, 5.41) is 0. The van der Waals surface area contributed by atoms with Crippen molar-refractivity contribution in [3.05, 3.63) is 60.8 Å². The normalized spacial score (nSPS) is 14.1. The third-order valence-electron chi connectivity index (χ3n) is 8.92. The predicted molar refractivity (Wildman–Crippen MR) is 229 cm³/mol. The Morgan fingerprint density at radius 2 is 1.04 bits per heavy atom. The molecule has 0 aromatic heterocycles. The summed E-state index contributed by atoms with van der Waals surface area (Å²) in [5.74, 6) is -0.345. The van der Waals surface area contributed by atoms with Crippen LogP contribution in [0.15, 0.2) is 60.8 Å². The number of carbonyl (C=O) groups excluding carboxylic acids is 1. The average Bonchev–Trinajstić information content (AvgIpc) is 3.16. The Bertz CT molecular complexity index is 1010. The Balaban J connectivity index is 4.05. The topological polar surface area (TPSA) is 117 Å². The fourth-order valence-electron chi connectivity index (χ4n) is 5.75. The average molecular weight is 780 g/mol. The highest BCUT2D eigenvalue weighted by atomic mass is 31.2. The number of phosphoric acid groups is 1. The lowest BCUT2D eigenvalue weighted by Gasteiger charge is -2.20. The molecule has 0 aromatic rings. The van der Waals surface area contributed by atoms with Crippen molar-refractivity contribution in [2.75, 3.05) is 33.0 Å². The van der Waals surface area contributed by atoms with Gasteiger partial charge in [-0.3, -0.25) is 13.8 Å². The molecule has 9 heteroatoms. The first-order valence-corrected chi connectivity index (χ1v) is 23.3. The molecule has 8 nitrogen and oxygen atoms in total. The van der Waals surface area contributed by atoms with Crippen molar-refractivity contribution >= 4 is 13.8 Å². The minimum absolute atomic E-state index is 0.0932. The largest absolute Gasteiger partial charge is 0.472 e. The Morgan fingerprint density at radius 3 is 1.56 bits per heavy atom. The summed E-state index contributed by atoms with van der Waals surface area (Å²) in [6.45, 7) is 4.73. The fourth-order valence-corrected chi connectivity index (χ4v) is 6.51. The molecule has 0 fully saturated rings. The molecule has 0 saturated carbocycles. The van der Waals surface area contributed by atoms with E-state index in [1.54, 1.807) is 0 Å². The van der Waals surface area contributed by atoms with Gasteiger partial charge in [-0.1, -0.05) is 158 Å². The van der Waals surface area contributed by atoms with Crippen LogP contribution in [0.4, 0.5) is 0 Å². The van der Waals surface area contributed by atoms with Gasteiger partial charge in [-0.2, -0.15) is 0 Å². The smallest absolute Gasteiger partial charge is 0.457 e. The number of hydrogen-bond donors (Lipinski definition) is 2. The maximum Gasteiger partial charge on any atom is 0.472 e. The van der Waals surface area contributed by atoms with E-state index in [-0.39, 0.29) is 32.3 Å². The predicted octanol–water partition coefficient (Wildman–Crippen LogP) is 13.0. The monoisotopic (exact) mass is 780 g/mol. The van der Waals surface area contributed by atoms with Gasteiger partial charge in [-0.25, -0.2) is 4.57 Å². The van der Waals surface area contributed by atoms with Gasteiger partial charge in [-0.15, -0.1) is 0 Å². The van der Waals surface area contributed by atoms with E-state index in [9.17, 15) is 14.3 Å². The number of rotatable bonds is 41. The second-order valence-electron chi connectivity index (χ2n) is 14.2. The highest BCUT2D eigenvalue weighted by Crippen LogP contribution is 2.43. The molecule has 2 atom stereocenters. The lowest BCUT2D eigenvalue weighted by atomic mass is 10.1. The number of phosphoric ester groups is 1. The summed E-state index contributed by atoms with van der Waals surface area (Å²) < 4.78 is 33.4. The highest BCUT2D eigenvalue weighted by molar-refractivity contribution is 7.47. The lowest BCUT2D eigenvalue weighted by molar-refractivity contribution is -0.154. The van der Waals surface area contributed by atoms with E-state index >= 15 is 0 Å². The van der Waals surface area contributed by atoms with E-state index in [4.69, 9.17) is 24.3 Å². The zero-order chi connectivity index (χ0) is 39.5. The summed E-state index contributed by atoms with van der Waals surface area (Å²) in [5.41, 5.74) is 5.36. The number of allylic oxidation sites excluding steroid dienone is 10. The lowest BCUT2D eigenvalue weighted by Crippen LogP contribution is -2.28. The number of carbonyl (C=O) groups is 1. The number of esters is 1. The zero-order valence-corrected chi connectivity index (χ0v) is 35.6. The second-order valence-corrected chi connectivity index (χ2v) is 15.6. The molecule has 0 rings (SSSR count). The SMILES string of the molecule is CC/C=C\C/C=C\C/C=C\CCCCCCOCC(COP(=O)(O)OCCN)OC(=O)CCCCCCCCCCC/C=C\C/C=C\CCCCCCC. The van der Waals surface area contributed by atoms with Crippen LogP contribution in [0, 0.1) is 0 Å². The van der Waals surface area contributed by atoms with Gasteiger partial charge in [-0.05, 0) is 77.0 Å². The first-order chi connectivity index (χ1) is 26.4. The molecule has 0 spiro atoms. The number of unbranched alkanes of at least 4 members (excludes halogenated alkanes) is 18. The van der Waals surface area contributed by atoms with E-state index < -0.39 is 13.9 Å². The molecule has 0 radical (unpaired) electrons. The van der Waals surface area contributed by atoms with Crippen molar-refractivity contribution in [1.29, 1.82) is 0 Å². The van der Waals surface area contributed by atoms with Crippen LogP contribution in [0.3, 0.4) is 0 Å². The van der Waals surface area contributed by atoms with Gasteiger partial charge in [0.1, 0.15) is 6.10 Å². The van der Waals surface area contributed by atoms with Crippen LogP contribution in [0.2, 0.25) is 0 Å². The molecule has 314 valence electrons. The van der Waals surface area contributed by atoms with Crippen molar-refractivity contribution in [3.63, 3.8) is 0 Å². The Labute approximate surface area is 332 Å². The Morgan fingerprint density at radius 1 is 0.574 bits per heavy atom. The molecular weight excluding hydrogens is 697 g/mol. The first-order valence-electron chi connectivity index (χ1n) is 21.8. The standard InChI is InChI=1S/C45H82NO7P/c1-3-5-7-9-11-13-15-17-19-20-21-22-23-24-25-26-28-30-32-34-36-38-45(47)53-44(43-52-54(48,49)51-41-39-46)42-50-40-37-35-33-31-29-27-18-16-14-12-10-8-6-4-2/h6,8,12,14-15,17-18,20-21,27,44H,3-5,7,9-11,13,16,19,22-26,28-43,46H2,1-2H3,(H,48,49)/b8-6-,14-12-,17-15-,21-20-,27-18-. The van der Waals surface area contributed by atoms with Crippen LogP contribution >= 0.6 is 7.82 Å². The quantitative estimate of drug-likeness (QED) is 0.0273. The summed E-state index contributed by atoms with van der Waals surface area (Å²) >= 11 is 0. The summed E-state index contributed by atoms with van der Waals surface area (Å²) in [4.78, 5) is 22.5. The van der Waals surface area contributed by atoms with Gasteiger partial charge < -0.3 is 20.1 Å². The minimum atomic E-state index is -4.29. The van der Waals surface area contributed by atoms with Crippen LogP contribution in [0.5, 0.6) is 0 Å². The molecule has 3 N–H and O–H groups in total. The maximum absolute atomic E-state index is 12.6.